The minimum atomic E-state index is -0.0263. The van der Waals surface area contributed by atoms with E-state index < -0.39 is 0 Å². The van der Waals surface area contributed by atoms with E-state index in [1.165, 1.54) is 0 Å². The van der Waals surface area contributed by atoms with Gasteiger partial charge in [0, 0.05) is 0 Å². The van der Waals surface area contributed by atoms with E-state index >= 15 is 0 Å². The first-order valence-electron chi connectivity index (χ1n) is 7.92. The first-order valence-corrected chi connectivity index (χ1v) is 7.92. The molecule has 0 aliphatic heterocycles. The van der Waals surface area contributed by atoms with Crippen LogP contribution in [0.5, 0.6) is 0 Å². The number of carbonyl (C=O) groups is 1. The van der Waals surface area contributed by atoms with Crippen molar-refractivity contribution in [2.75, 3.05) is 0 Å². The lowest BCUT2D eigenvalue weighted by Gasteiger charge is -2.07. The van der Waals surface area contributed by atoms with E-state index in [1.807, 2.05) is 97.1 Å². The first kappa shape index (κ1) is 15.7. The minimum absolute atomic E-state index is 0.0263. The van der Waals surface area contributed by atoms with Crippen LogP contribution >= 0.6 is 0 Å². The molecule has 0 N–H and O–H groups in total. The van der Waals surface area contributed by atoms with Crippen LogP contribution in [-0.4, -0.2) is 5.78 Å². The Hall–Kier alpha value is -3.19. The van der Waals surface area contributed by atoms with Gasteiger partial charge in [0.25, 0.3) is 0 Å². The lowest BCUT2D eigenvalue weighted by molar-refractivity contribution is -0.110. The molecular formula is C23H18O. The molecule has 116 valence electrons. The highest BCUT2D eigenvalue weighted by molar-refractivity contribution is 6.08. The van der Waals surface area contributed by atoms with Crippen molar-refractivity contribution in [1.29, 1.82) is 0 Å². The Kier molecular flexibility index (Phi) is 5.16. The molecule has 3 aromatic carbocycles. The number of hydrogen-bond donors (Lipinski definition) is 0. The van der Waals surface area contributed by atoms with Gasteiger partial charge < -0.3 is 0 Å². The molecule has 0 atom stereocenters. The van der Waals surface area contributed by atoms with Crippen molar-refractivity contribution in [2.45, 2.75) is 0 Å². The maximum atomic E-state index is 12.4. The average Bonchev–Trinajstić information content (AvgIpc) is 2.67. The van der Waals surface area contributed by atoms with Gasteiger partial charge >= 0.3 is 0 Å². The predicted molar refractivity (Wildman–Crippen MR) is 100 cm³/mol. The molecule has 0 heterocycles. The Bertz CT molecular complexity index is 803. The van der Waals surface area contributed by atoms with Crippen LogP contribution in [0.15, 0.2) is 103 Å². The van der Waals surface area contributed by atoms with E-state index in [2.05, 4.69) is 0 Å². The van der Waals surface area contributed by atoms with Crippen molar-refractivity contribution >= 4 is 17.4 Å². The molecule has 0 saturated heterocycles. The zero-order valence-corrected chi connectivity index (χ0v) is 13.3. The fourth-order valence-electron chi connectivity index (χ4n) is 2.50. The summed E-state index contributed by atoms with van der Waals surface area (Å²) in [7, 11) is 0. The predicted octanol–water partition coefficient (Wildman–Crippen LogP) is 5.40. The summed E-state index contributed by atoms with van der Waals surface area (Å²) in [5, 5.41) is 0. The molecule has 0 bridgehead atoms. The Morgan fingerprint density at radius 1 is 0.625 bits per heavy atom. The molecule has 0 aliphatic rings. The van der Waals surface area contributed by atoms with Crippen molar-refractivity contribution < 1.29 is 4.79 Å². The maximum Gasteiger partial charge on any atom is 0.179 e. The number of carbonyl (C=O) groups excluding carboxylic acids is 1. The quantitative estimate of drug-likeness (QED) is 0.577. The molecule has 3 rings (SSSR count). The van der Waals surface area contributed by atoms with Gasteiger partial charge in [-0.15, -0.1) is 0 Å². The van der Waals surface area contributed by atoms with Gasteiger partial charge in [-0.3, -0.25) is 4.79 Å². The third-order valence-electron chi connectivity index (χ3n) is 3.70. The van der Waals surface area contributed by atoms with Gasteiger partial charge in [-0.25, -0.2) is 0 Å². The molecule has 0 spiro atoms. The van der Waals surface area contributed by atoms with E-state index in [-0.39, 0.29) is 5.78 Å². The lowest BCUT2D eigenvalue weighted by atomic mass is 9.96. The van der Waals surface area contributed by atoms with Crippen LogP contribution in [0.4, 0.5) is 0 Å². The van der Waals surface area contributed by atoms with E-state index in [0.717, 1.165) is 22.3 Å². The fourth-order valence-corrected chi connectivity index (χ4v) is 2.50. The Balaban J connectivity index is 1.92. The van der Waals surface area contributed by atoms with Gasteiger partial charge in [0.1, 0.15) is 0 Å². The highest BCUT2D eigenvalue weighted by Crippen LogP contribution is 2.23. The summed E-state index contributed by atoms with van der Waals surface area (Å²) < 4.78 is 0. The van der Waals surface area contributed by atoms with Gasteiger partial charge in [-0.2, -0.15) is 0 Å². The summed E-state index contributed by atoms with van der Waals surface area (Å²) in [6, 6.07) is 29.8. The van der Waals surface area contributed by atoms with Gasteiger partial charge in [0.15, 0.2) is 5.78 Å². The lowest BCUT2D eigenvalue weighted by Crippen LogP contribution is -1.93. The van der Waals surface area contributed by atoms with Gasteiger partial charge in [0.05, 0.1) is 0 Å². The van der Waals surface area contributed by atoms with Crippen molar-refractivity contribution in [2.24, 2.45) is 0 Å². The van der Waals surface area contributed by atoms with Crippen molar-refractivity contribution in [3.05, 3.63) is 120 Å². The van der Waals surface area contributed by atoms with E-state index in [1.54, 1.807) is 12.2 Å². The summed E-state index contributed by atoms with van der Waals surface area (Å²) in [6.07, 6.45) is 5.15. The second-order valence-corrected chi connectivity index (χ2v) is 5.44. The second kappa shape index (κ2) is 7.89. The number of hydrogen-bond acceptors (Lipinski definition) is 1. The monoisotopic (exact) mass is 310 g/mol. The van der Waals surface area contributed by atoms with E-state index in [0.29, 0.717) is 0 Å². The van der Waals surface area contributed by atoms with E-state index in [4.69, 9.17) is 0 Å². The van der Waals surface area contributed by atoms with Gasteiger partial charge in [-0.1, -0.05) is 97.1 Å². The topological polar surface area (TPSA) is 17.1 Å². The molecule has 1 nitrogen and oxygen atoms in total. The highest BCUT2D eigenvalue weighted by atomic mass is 16.1. The number of rotatable bonds is 5. The molecule has 0 fully saturated rings. The van der Waals surface area contributed by atoms with Gasteiger partial charge in [-0.05, 0) is 34.4 Å². The fraction of sp³-hybridized carbons (Fsp3) is 0. The summed E-state index contributed by atoms with van der Waals surface area (Å²) >= 11 is 0. The highest BCUT2D eigenvalue weighted by Gasteiger charge is 2.06. The summed E-state index contributed by atoms with van der Waals surface area (Å²) in [4.78, 5) is 12.4. The Morgan fingerprint density at radius 3 is 1.58 bits per heavy atom. The molecule has 0 radical (unpaired) electrons. The number of allylic oxidation sites excluding steroid dienone is 2. The van der Waals surface area contributed by atoms with Gasteiger partial charge in [0.2, 0.25) is 0 Å². The molecule has 3 aromatic rings. The molecule has 0 unspecified atom stereocenters. The second-order valence-electron chi connectivity index (χ2n) is 5.44. The molecule has 0 amide bonds. The van der Waals surface area contributed by atoms with Crippen molar-refractivity contribution in [1.82, 2.24) is 0 Å². The molecular weight excluding hydrogens is 292 g/mol. The first-order chi connectivity index (χ1) is 11.8. The van der Waals surface area contributed by atoms with Crippen LogP contribution in [0, 0.1) is 0 Å². The molecule has 1 heteroatoms. The molecule has 0 aromatic heterocycles. The number of ketones is 1. The normalized spacial score (nSPS) is 10.5. The van der Waals surface area contributed by atoms with Crippen molar-refractivity contribution in [3.63, 3.8) is 0 Å². The average molecular weight is 310 g/mol. The maximum absolute atomic E-state index is 12.4. The third-order valence-corrected chi connectivity index (χ3v) is 3.70. The van der Waals surface area contributed by atoms with Crippen LogP contribution in [0.25, 0.3) is 11.6 Å². The molecule has 24 heavy (non-hydrogen) atoms. The zero-order valence-electron chi connectivity index (χ0n) is 13.3. The summed E-state index contributed by atoms with van der Waals surface area (Å²) in [6.45, 7) is 0. The van der Waals surface area contributed by atoms with Crippen LogP contribution in [0.2, 0.25) is 0 Å². The van der Waals surface area contributed by atoms with Crippen LogP contribution < -0.4 is 0 Å². The zero-order chi connectivity index (χ0) is 16.6. The SMILES string of the molecule is O=C(C=C(c1ccccc1)c1ccccc1)/C=C/c1ccccc1. The molecule has 0 aliphatic carbocycles. The van der Waals surface area contributed by atoms with Crippen LogP contribution in [0.1, 0.15) is 16.7 Å². The summed E-state index contributed by atoms with van der Waals surface area (Å²) in [5.74, 6) is -0.0263. The number of benzene rings is 3. The Labute approximate surface area is 142 Å². The van der Waals surface area contributed by atoms with Crippen LogP contribution in [0.3, 0.4) is 0 Å². The molecule has 0 saturated carbocycles. The smallest absolute Gasteiger partial charge is 0.179 e. The summed E-state index contributed by atoms with van der Waals surface area (Å²) in [5.41, 5.74) is 4.01. The van der Waals surface area contributed by atoms with Crippen molar-refractivity contribution in [3.8, 4) is 0 Å². The Morgan fingerprint density at radius 2 is 1.08 bits per heavy atom. The van der Waals surface area contributed by atoms with E-state index in [9.17, 15) is 4.79 Å². The largest absolute Gasteiger partial charge is 0.290 e. The standard InChI is InChI=1S/C23H18O/c24-22(17-16-19-10-4-1-5-11-19)18-23(20-12-6-2-7-13-20)21-14-8-3-9-15-21/h1-18H/b17-16+. The third kappa shape index (κ3) is 4.17. The minimum Gasteiger partial charge on any atom is -0.290 e. The van der Waals surface area contributed by atoms with Crippen LogP contribution in [-0.2, 0) is 4.79 Å².